The van der Waals surface area contributed by atoms with Crippen molar-refractivity contribution >= 4 is 7.82 Å². The molecule has 0 aliphatic rings. The summed E-state index contributed by atoms with van der Waals surface area (Å²) in [5.74, 6) is 0. The van der Waals surface area contributed by atoms with Crippen LogP contribution in [0.2, 0.25) is 0 Å². The van der Waals surface area contributed by atoms with Crippen molar-refractivity contribution in [2.75, 3.05) is 19.7 Å². The predicted molar refractivity (Wildman–Crippen MR) is 106 cm³/mol. The zero-order chi connectivity index (χ0) is 20.2. The molecule has 0 aliphatic heterocycles. The summed E-state index contributed by atoms with van der Waals surface area (Å²) >= 11 is 0. The first kappa shape index (κ1) is 25.1. The average Bonchev–Trinajstić information content (AvgIpc) is 2.27. The second kappa shape index (κ2) is 8.84. The van der Waals surface area contributed by atoms with E-state index in [0.29, 0.717) is 12.0 Å². The van der Waals surface area contributed by atoms with Crippen molar-refractivity contribution in [2.24, 2.45) is 10.8 Å². The first-order valence-electron chi connectivity index (χ1n) is 9.19. The molecule has 0 aromatic rings. The van der Waals surface area contributed by atoms with Crippen molar-refractivity contribution in [1.82, 2.24) is 5.32 Å². The second-order valence-electron chi connectivity index (χ2n) is 10.8. The van der Waals surface area contributed by atoms with Gasteiger partial charge in [0.05, 0.1) is 17.8 Å². The normalized spacial score (nSPS) is 14.8. The Balaban J connectivity index is 4.72. The summed E-state index contributed by atoms with van der Waals surface area (Å²) in [4.78, 5) is 0. The molecular formula is C19H42NO4P. The summed E-state index contributed by atoms with van der Waals surface area (Å²) in [6.45, 7) is 23.9. The first-order chi connectivity index (χ1) is 10.8. The van der Waals surface area contributed by atoms with Crippen molar-refractivity contribution in [2.45, 2.75) is 93.8 Å². The molecule has 0 spiro atoms. The number of nitrogens with one attached hydrogen (secondary N) is 1. The maximum absolute atomic E-state index is 13.1. The smallest absolute Gasteiger partial charge is 0.316 e. The van der Waals surface area contributed by atoms with Crippen LogP contribution in [-0.2, 0) is 18.1 Å². The van der Waals surface area contributed by atoms with Crippen LogP contribution in [0.1, 0.15) is 82.6 Å². The summed E-state index contributed by atoms with van der Waals surface area (Å²) in [6, 6.07) is 0. The van der Waals surface area contributed by atoms with Gasteiger partial charge in [-0.3, -0.25) is 13.6 Å². The second-order valence-corrected chi connectivity index (χ2v) is 12.3. The summed E-state index contributed by atoms with van der Waals surface area (Å²) in [7, 11) is -3.65. The molecule has 0 aromatic carbocycles. The Morgan fingerprint density at radius 1 is 0.800 bits per heavy atom. The van der Waals surface area contributed by atoms with E-state index in [-0.39, 0.29) is 5.41 Å². The van der Waals surface area contributed by atoms with Crippen LogP contribution in [0, 0.1) is 10.8 Å². The minimum Gasteiger partial charge on any atom is -0.316 e. The maximum atomic E-state index is 13.1. The van der Waals surface area contributed by atoms with Gasteiger partial charge in [-0.05, 0) is 59.9 Å². The van der Waals surface area contributed by atoms with Crippen molar-refractivity contribution < 1.29 is 18.1 Å². The van der Waals surface area contributed by atoms with Gasteiger partial charge in [-0.2, -0.15) is 0 Å². The fraction of sp³-hybridized carbons (Fsp3) is 1.00. The summed E-state index contributed by atoms with van der Waals surface area (Å²) in [6.07, 6.45) is 1.10. The van der Waals surface area contributed by atoms with Gasteiger partial charge in [-0.1, -0.05) is 34.6 Å². The molecule has 0 atom stereocenters. The lowest BCUT2D eigenvalue weighted by Gasteiger charge is -2.33. The van der Waals surface area contributed by atoms with Gasteiger partial charge in [0.25, 0.3) is 0 Å². The number of rotatable bonds is 9. The highest BCUT2D eigenvalue weighted by Gasteiger charge is 2.38. The molecule has 0 saturated heterocycles. The molecule has 0 amide bonds. The topological polar surface area (TPSA) is 56.8 Å². The lowest BCUT2D eigenvalue weighted by molar-refractivity contribution is -0.00699. The molecular weight excluding hydrogens is 337 g/mol. The molecule has 0 bridgehead atoms. The quantitative estimate of drug-likeness (QED) is 0.406. The zero-order valence-corrected chi connectivity index (χ0v) is 19.3. The molecule has 0 radical (unpaired) electrons. The molecule has 0 heterocycles. The lowest BCUT2D eigenvalue weighted by Crippen LogP contribution is -2.35. The Kier molecular flexibility index (Phi) is 8.86. The number of hydrogen-bond acceptors (Lipinski definition) is 5. The predicted octanol–water partition coefficient (Wildman–Crippen LogP) is 5.79. The van der Waals surface area contributed by atoms with Gasteiger partial charge >= 0.3 is 7.82 Å². The molecule has 0 aliphatic carbocycles. The van der Waals surface area contributed by atoms with E-state index in [1.165, 1.54) is 0 Å². The molecule has 0 rings (SSSR count). The van der Waals surface area contributed by atoms with E-state index < -0.39 is 19.0 Å². The van der Waals surface area contributed by atoms with Crippen LogP contribution in [0.25, 0.3) is 0 Å². The molecule has 6 heteroatoms. The summed E-state index contributed by atoms with van der Waals surface area (Å²) in [5, 5.41) is 3.46. The third-order valence-electron chi connectivity index (χ3n) is 3.04. The third kappa shape index (κ3) is 14.9. The van der Waals surface area contributed by atoms with Gasteiger partial charge < -0.3 is 5.32 Å². The molecule has 0 saturated carbocycles. The number of hydrogen-bond donors (Lipinski definition) is 1. The van der Waals surface area contributed by atoms with Crippen LogP contribution >= 0.6 is 7.82 Å². The molecule has 0 fully saturated rings. The van der Waals surface area contributed by atoms with Crippen molar-refractivity contribution in [3.05, 3.63) is 0 Å². The number of phosphoric acid groups is 1. The highest BCUT2D eigenvalue weighted by Crippen LogP contribution is 2.56. The van der Waals surface area contributed by atoms with E-state index in [9.17, 15) is 4.57 Å². The monoisotopic (exact) mass is 379 g/mol. The standard InChI is InChI=1S/C19H42NO4P/c1-16(2,3)12-13-20-14-19(10,11)15-22-25(21,23-17(4,5)6)24-18(7,8)9/h20H,12-15H2,1-11H3. The minimum absolute atomic E-state index is 0.184. The molecule has 5 nitrogen and oxygen atoms in total. The summed E-state index contributed by atoms with van der Waals surface area (Å²) in [5.41, 5.74) is -1.10. The van der Waals surface area contributed by atoms with Crippen LogP contribution in [0.3, 0.4) is 0 Å². The van der Waals surface area contributed by atoms with E-state index in [2.05, 4.69) is 39.9 Å². The van der Waals surface area contributed by atoms with Gasteiger partial charge in [0, 0.05) is 12.0 Å². The molecule has 0 unspecified atom stereocenters. The van der Waals surface area contributed by atoms with Gasteiger partial charge in [0.15, 0.2) is 0 Å². The van der Waals surface area contributed by atoms with E-state index in [1.54, 1.807) is 0 Å². The van der Waals surface area contributed by atoms with Crippen LogP contribution in [0.4, 0.5) is 0 Å². The van der Waals surface area contributed by atoms with Crippen molar-refractivity contribution in [3.63, 3.8) is 0 Å². The SMILES string of the molecule is CC(C)(C)CCNCC(C)(C)COP(=O)(OC(C)(C)C)OC(C)(C)C. The van der Waals surface area contributed by atoms with E-state index in [1.807, 2.05) is 41.5 Å². The highest BCUT2D eigenvalue weighted by molar-refractivity contribution is 7.48. The Morgan fingerprint density at radius 2 is 1.24 bits per heavy atom. The maximum Gasteiger partial charge on any atom is 0.475 e. The van der Waals surface area contributed by atoms with E-state index in [0.717, 1.165) is 19.5 Å². The van der Waals surface area contributed by atoms with Gasteiger partial charge in [-0.15, -0.1) is 0 Å². The van der Waals surface area contributed by atoms with Crippen LogP contribution < -0.4 is 5.32 Å². The fourth-order valence-electron chi connectivity index (χ4n) is 1.94. The van der Waals surface area contributed by atoms with Crippen LogP contribution in [-0.4, -0.2) is 30.9 Å². The molecule has 25 heavy (non-hydrogen) atoms. The zero-order valence-electron chi connectivity index (χ0n) is 18.4. The Labute approximate surface area is 156 Å². The Hall–Kier alpha value is 0.0700. The third-order valence-corrected chi connectivity index (χ3v) is 5.03. The van der Waals surface area contributed by atoms with Crippen molar-refractivity contribution in [3.8, 4) is 0 Å². The average molecular weight is 380 g/mol. The van der Waals surface area contributed by atoms with E-state index >= 15 is 0 Å². The van der Waals surface area contributed by atoms with Gasteiger partial charge in [-0.25, -0.2) is 4.57 Å². The highest BCUT2D eigenvalue weighted by atomic mass is 31.2. The van der Waals surface area contributed by atoms with Crippen LogP contribution in [0.15, 0.2) is 0 Å². The lowest BCUT2D eigenvalue weighted by atomic mass is 9.91. The summed E-state index contributed by atoms with van der Waals surface area (Å²) < 4.78 is 30.1. The Bertz CT molecular complexity index is 422. The largest absolute Gasteiger partial charge is 0.475 e. The van der Waals surface area contributed by atoms with Crippen molar-refractivity contribution in [1.29, 1.82) is 0 Å². The minimum atomic E-state index is -3.65. The Morgan fingerprint density at radius 3 is 1.60 bits per heavy atom. The van der Waals surface area contributed by atoms with Crippen LogP contribution in [0.5, 0.6) is 0 Å². The molecule has 152 valence electrons. The fourth-order valence-corrected chi connectivity index (χ4v) is 3.93. The van der Waals surface area contributed by atoms with Gasteiger partial charge in [0.1, 0.15) is 0 Å². The molecule has 0 aromatic heterocycles. The first-order valence-corrected chi connectivity index (χ1v) is 10.7. The molecule has 1 N–H and O–H groups in total. The van der Waals surface area contributed by atoms with Gasteiger partial charge in [0.2, 0.25) is 0 Å². The van der Waals surface area contributed by atoms with E-state index in [4.69, 9.17) is 13.6 Å². The number of phosphoric ester groups is 1.